The normalized spacial score (nSPS) is 18.0. The van der Waals surface area contributed by atoms with Crippen LogP contribution >= 0.6 is 0 Å². The van der Waals surface area contributed by atoms with Gasteiger partial charge in [-0.1, -0.05) is 36.4 Å². The van der Waals surface area contributed by atoms with Crippen molar-refractivity contribution in [2.75, 3.05) is 6.61 Å². The van der Waals surface area contributed by atoms with Gasteiger partial charge in [0.1, 0.15) is 12.4 Å². The summed E-state index contributed by atoms with van der Waals surface area (Å²) in [6.45, 7) is 0.343. The van der Waals surface area contributed by atoms with Crippen LogP contribution in [-0.2, 0) is 9.53 Å². The summed E-state index contributed by atoms with van der Waals surface area (Å²) in [5.74, 6) is 0.506. The number of esters is 1. The van der Waals surface area contributed by atoms with Gasteiger partial charge in [0.25, 0.3) is 0 Å². The molecule has 1 heterocycles. The molecule has 0 fully saturated rings. The van der Waals surface area contributed by atoms with Crippen molar-refractivity contribution in [2.24, 2.45) is 0 Å². The molecule has 1 atom stereocenters. The molecule has 0 aromatic heterocycles. The van der Waals surface area contributed by atoms with E-state index in [0.29, 0.717) is 6.61 Å². The van der Waals surface area contributed by atoms with E-state index in [2.05, 4.69) is 0 Å². The van der Waals surface area contributed by atoms with Crippen LogP contribution in [0.2, 0.25) is 0 Å². The van der Waals surface area contributed by atoms with Gasteiger partial charge in [-0.25, -0.2) is 4.79 Å². The summed E-state index contributed by atoms with van der Waals surface area (Å²) in [6, 6.07) is 13.9. The van der Waals surface area contributed by atoms with Crippen LogP contribution in [0.5, 0.6) is 5.75 Å². The summed E-state index contributed by atoms with van der Waals surface area (Å²) in [5, 5.41) is 2.20. The highest BCUT2D eigenvalue weighted by Gasteiger charge is 2.17. The highest BCUT2D eigenvalue weighted by atomic mass is 16.6. The largest absolute Gasteiger partial charge is 0.489 e. The first-order valence-electron chi connectivity index (χ1n) is 5.82. The Balaban J connectivity index is 1.78. The monoisotopic (exact) mass is 240 g/mol. The minimum Gasteiger partial charge on any atom is -0.489 e. The molecule has 0 saturated heterocycles. The Labute approximate surface area is 105 Å². The Bertz CT molecular complexity index is 611. The van der Waals surface area contributed by atoms with Crippen LogP contribution in [0.4, 0.5) is 0 Å². The highest BCUT2D eigenvalue weighted by Crippen LogP contribution is 2.25. The van der Waals surface area contributed by atoms with E-state index in [0.717, 1.165) is 16.5 Å². The fraction of sp³-hybridized carbons (Fsp3) is 0.133. The van der Waals surface area contributed by atoms with Crippen LogP contribution < -0.4 is 4.74 Å². The van der Waals surface area contributed by atoms with Gasteiger partial charge in [-0.2, -0.15) is 0 Å². The van der Waals surface area contributed by atoms with Crippen LogP contribution in [0, 0.1) is 0 Å². The molecule has 2 aromatic rings. The molecule has 0 saturated carbocycles. The van der Waals surface area contributed by atoms with E-state index < -0.39 is 0 Å². The van der Waals surface area contributed by atoms with Crippen molar-refractivity contribution < 1.29 is 14.3 Å². The Morgan fingerprint density at radius 2 is 1.94 bits per heavy atom. The molecule has 0 aliphatic carbocycles. The third-order valence-corrected chi connectivity index (χ3v) is 2.87. The van der Waals surface area contributed by atoms with Crippen molar-refractivity contribution in [1.82, 2.24) is 0 Å². The number of carbonyl (C=O) groups is 1. The smallest absolute Gasteiger partial charge is 0.331 e. The first-order chi connectivity index (χ1) is 8.83. The maximum absolute atomic E-state index is 10.9. The maximum atomic E-state index is 10.9. The lowest BCUT2D eigenvalue weighted by Crippen LogP contribution is -2.17. The number of rotatable bonds is 3. The Kier molecular flexibility index (Phi) is 2.73. The quantitative estimate of drug-likeness (QED) is 0.774. The summed E-state index contributed by atoms with van der Waals surface area (Å²) in [5.41, 5.74) is 0. The minimum atomic E-state index is -0.304. The number of hydrogen-bond donors (Lipinski definition) is 0. The van der Waals surface area contributed by atoms with Crippen molar-refractivity contribution in [3.05, 3.63) is 54.6 Å². The molecule has 3 heteroatoms. The zero-order valence-corrected chi connectivity index (χ0v) is 9.71. The van der Waals surface area contributed by atoms with E-state index >= 15 is 0 Å². The van der Waals surface area contributed by atoms with Gasteiger partial charge in [-0.15, -0.1) is 0 Å². The highest BCUT2D eigenvalue weighted by molar-refractivity contribution is 5.88. The van der Waals surface area contributed by atoms with Crippen LogP contribution in [0.1, 0.15) is 0 Å². The molecule has 0 bridgehead atoms. The van der Waals surface area contributed by atoms with Crippen LogP contribution in [-0.4, -0.2) is 18.7 Å². The van der Waals surface area contributed by atoms with Gasteiger partial charge in [0.15, 0.2) is 6.10 Å². The first-order valence-corrected chi connectivity index (χ1v) is 5.82. The predicted octanol–water partition coefficient (Wildman–Crippen LogP) is 2.70. The van der Waals surface area contributed by atoms with Gasteiger partial charge in [-0.05, 0) is 17.5 Å². The van der Waals surface area contributed by atoms with Crippen molar-refractivity contribution in [3.63, 3.8) is 0 Å². The maximum Gasteiger partial charge on any atom is 0.331 e. The van der Waals surface area contributed by atoms with Gasteiger partial charge in [0, 0.05) is 11.5 Å². The second-order valence-electron chi connectivity index (χ2n) is 4.12. The third kappa shape index (κ3) is 2.07. The molecular weight excluding hydrogens is 228 g/mol. The summed E-state index contributed by atoms with van der Waals surface area (Å²) in [6.07, 6.45) is 2.86. The Morgan fingerprint density at radius 1 is 1.11 bits per heavy atom. The number of fused-ring (bicyclic) bond motifs is 1. The molecule has 1 aliphatic rings. The van der Waals surface area contributed by atoms with Crippen LogP contribution in [0.25, 0.3) is 10.8 Å². The molecule has 0 radical (unpaired) electrons. The van der Waals surface area contributed by atoms with Gasteiger partial charge < -0.3 is 9.47 Å². The first kappa shape index (κ1) is 10.8. The summed E-state index contributed by atoms with van der Waals surface area (Å²) in [4.78, 5) is 10.9. The van der Waals surface area contributed by atoms with E-state index in [1.165, 1.54) is 6.08 Å². The fourth-order valence-electron chi connectivity index (χ4n) is 2.00. The van der Waals surface area contributed by atoms with E-state index in [9.17, 15) is 4.79 Å². The molecule has 0 amide bonds. The molecule has 0 N–H and O–H groups in total. The molecule has 3 nitrogen and oxygen atoms in total. The van der Waals surface area contributed by atoms with Crippen molar-refractivity contribution >= 4 is 16.7 Å². The zero-order chi connectivity index (χ0) is 12.4. The molecule has 1 unspecified atom stereocenters. The van der Waals surface area contributed by atoms with Crippen molar-refractivity contribution in [2.45, 2.75) is 6.10 Å². The second-order valence-corrected chi connectivity index (χ2v) is 4.12. The topological polar surface area (TPSA) is 35.5 Å². The van der Waals surface area contributed by atoms with Gasteiger partial charge in [0.05, 0.1) is 0 Å². The number of benzene rings is 2. The van der Waals surface area contributed by atoms with E-state index in [-0.39, 0.29) is 12.1 Å². The van der Waals surface area contributed by atoms with Crippen LogP contribution in [0.15, 0.2) is 54.6 Å². The molecule has 2 aromatic carbocycles. The summed E-state index contributed by atoms with van der Waals surface area (Å²) < 4.78 is 10.7. The van der Waals surface area contributed by atoms with Gasteiger partial charge in [0.2, 0.25) is 0 Å². The molecular formula is C15H12O3. The minimum absolute atomic E-state index is 0.281. The van der Waals surface area contributed by atoms with Gasteiger partial charge in [-0.3, -0.25) is 0 Å². The van der Waals surface area contributed by atoms with E-state index in [1.54, 1.807) is 6.08 Å². The molecule has 90 valence electrons. The molecule has 1 aliphatic heterocycles. The molecule has 0 spiro atoms. The predicted molar refractivity (Wildman–Crippen MR) is 68.5 cm³/mol. The number of ether oxygens (including phenoxy) is 2. The Morgan fingerprint density at radius 3 is 2.78 bits per heavy atom. The van der Waals surface area contributed by atoms with Gasteiger partial charge >= 0.3 is 5.97 Å². The van der Waals surface area contributed by atoms with Crippen LogP contribution in [0.3, 0.4) is 0 Å². The summed E-state index contributed by atoms with van der Waals surface area (Å²) >= 11 is 0. The standard InChI is InChI=1S/C15H12O3/c16-15-9-8-12(18-15)10-17-14-7-3-5-11-4-1-2-6-13(11)14/h1-9,12H,10H2. The third-order valence-electron chi connectivity index (χ3n) is 2.87. The molecule has 18 heavy (non-hydrogen) atoms. The molecule has 3 rings (SSSR count). The average molecular weight is 240 g/mol. The lowest BCUT2D eigenvalue weighted by Gasteiger charge is -2.12. The Hall–Kier alpha value is -2.29. The SMILES string of the molecule is O=C1C=CC(COc2cccc3ccccc23)O1. The number of carbonyl (C=O) groups excluding carboxylic acids is 1. The lowest BCUT2D eigenvalue weighted by molar-refractivity contribution is -0.139. The summed E-state index contributed by atoms with van der Waals surface area (Å²) in [7, 11) is 0. The number of cyclic esters (lactones) is 1. The fourth-order valence-corrected chi connectivity index (χ4v) is 2.00. The van der Waals surface area contributed by atoms with Crippen molar-refractivity contribution in [3.8, 4) is 5.75 Å². The van der Waals surface area contributed by atoms with E-state index in [4.69, 9.17) is 9.47 Å². The lowest BCUT2D eigenvalue weighted by atomic mass is 10.1. The second kappa shape index (κ2) is 4.53. The van der Waals surface area contributed by atoms with E-state index in [1.807, 2.05) is 42.5 Å². The average Bonchev–Trinajstić information content (AvgIpc) is 2.82. The van der Waals surface area contributed by atoms with Crippen molar-refractivity contribution in [1.29, 1.82) is 0 Å². The zero-order valence-electron chi connectivity index (χ0n) is 9.71. The number of hydrogen-bond acceptors (Lipinski definition) is 3.